The summed E-state index contributed by atoms with van der Waals surface area (Å²) in [5.74, 6) is 0.261. The van der Waals surface area contributed by atoms with Crippen LogP contribution in [0.4, 0.5) is 5.82 Å². The molecule has 2 aromatic carbocycles. The van der Waals surface area contributed by atoms with Gasteiger partial charge in [0.05, 0.1) is 0 Å². The highest BCUT2D eigenvalue weighted by Gasteiger charge is 2.48. The fourth-order valence-electron chi connectivity index (χ4n) is 2.62. The summed E-state index contributed by atoms with van der Waals surface area (Å²) in [6.07, 6.45) is 1.75. The predicted octanol–water partition coefficient (Wildman–Crippen LogP) is 4.47. The lowest BCUT2D eigenvalue weighted by Gasteiger charge is -2.16. The van der Waals surface area contributed by atoms with Crippen LogP contribution in [0.3, 0.4) is 0 Å². The number of carbonyl (C=O) groups excluding carboxylic acids is 1. The quantitative estimate of drug-likeness (QED) is 0.547. The molecule has 1 aliphatic heterocycles. The lowest BCUT2D eigenvalue weighted by Crippen LogP contribution is -2.36. The van der Waals surface area contributed by atoms with Crippen LogP contribution in [-0.4, -0.2) is 19.8 Å². The number of pyridine rings is 1. The van der Waals surface area contributed by atoms with E-state index in [1.54, 1.807) is 6.20 Å². The normalized spacial score (nSPS) is 16.5. The van der Waals surface area contributed by atoms with Crippen molar-refractivity contribution in [3.63, 3.8) is 0 Å². The number of hydrogen-bond donors (Lipinski definition) is 0. The monoisotopic (exact) mass is 443 g/mol. The molecule has 1 amide bonds. The van der Waals surface area contributed by atoms with Crippen molar-refractivity contribution >= 4 is 60.1 Å². The van der Waals surface area contributed by atoms with Crippen LogP contribution < -0.4 is 5.01 Å². The number of rotatable bonds is 2. The van der Waals surface area contributed by atoms with E-state index >= 15 is 0 Å². The van der Waals surface area contributed by atoms with Crippen LogP contribution >= 0.6 is 31.9 Å². The summed E-state index contributed by atoms with van der Waals surface area (Å²) >= 11 is 6.93. The summed E-state index contributed by atoms with van der Waals surface area (Å²) in [7, 11) is 0. The van der Waals surface area contributed by atoms with Crippen molar-refractivity contribution in [2.24, 2.45) is 5.10 Å². The molecule has 0 unspecified atom stereocenters. The molecule has 2 heterocycles. The molecule has 0 saturated heterocycles. The second-order valence-corrected chi connectivity index (χ2v) is 8.84. The molecule has 0 radical (unpaired) electrons. The first kappa shape index (κ1) is 15.5. The van der Waals surface area contributed by atoms with Gasteiger partial charge in [0.15, 0.2) is 5.82 Å². The van der Waals surface area contributed by atoms with Crippen molar-refractivity contribution in [1.29, 1.82) is 0 Å². The number of amides is 1. The largest absolute Gasteiger partial charge is 0.282 e. The van der Waals surface area contributed by atoms with E-state index in [9.17, 15) is 4.79 Å². The lowest BCUT2D eigenvalue weighted by atomic mass is 10.1. The molecule has 6 heteroatoms. The predicted molar refractivity (Wildman–Crippen MR) is 103 cm³/mol. The summed E-state index contributed by atoms with van der Waals surface area (Å²) in [5, 5.41) is 7.87. The van der Waals surface area contributed by atoms with Gasteiger partial charge in [0.25, 0.3) is 5.91 Å². The van der Waals surface area contributed by atoms with Gasteiger partial charge in [-0.25, -0.2) is 4.98 Å². The lowest BCUT2D eigenvalue weighted by molar-refractivity contribution is -0.116. The van der Waals surface area contributed by atoms with E-state index in [0.29, 0.717) is 11.5 Å². The van der Waals surface area contributed by atoms with Crippen LogP contribution in [0, 0.1) is 0 Å². The van der Waals surface area contributed by atoms with Crippen LogP contribution in [-0.2, 0) is 4.79 Å². The Bertz CT molecular complexity index is 970. The summed E-state index contributed by atoms with van der Waals surface area (Å²) in [6.45, 7) is 0. The first-order chi connectivity index (χ1) is 11.6. The van der Waals surface area contributed by atoms with Gasteiger partial charge in [0, 0.05) is 17.1 Å². The van der Waals surface area contributed by atoms with Gasteiger partial charge in [-0.3, -0.25) is 4.79 Å². The van der Waals surface area contributed by atoms with Crippen LogP contribution in [0.5, 0.6) is 0 Å². The van der Waals surface area contributed by atoms with E-state index in [2.05, 4.69) is 41.9 Å². The van der Waals surface area contributed by atoms with Crippen molar-refractivity contribution in [2.75, 3.05) is 5.01 Å². The van der Waals surface area contributed by atoms with Gasteiger partial charge in [-0.15, -0.1) is 0 Å². The number of benzene rings is 2. The van der Waals surface area contributed by atoms with E-state index in [4.69, 9.17) is 0 Å². The average molecular weight is 445 g/mol. The molecule has 3 aromatic rings. The Morgan fingerprint density at radius 1 is 0.917 bits per heavy atom. The first-order valence-electron chi connectivity index (χ1n) is 7.29. The number of alkyl halides is 2. The molecular formula is C18H11Br2N3O. The molecule has 0 atom stereocenters. The third kappa shape index (κ3) is 2.46. The minimum absolute atomic E-state index is 0.232. The number of anilines is 1. The Balaban J connectivity index is 1.82. The maximum atomic E-state index is 12.8. The second kappa shape index (κ2) is 5.79. The van der Waals surface area contributed by atoms with Crippen molar-refractivity contribution in [3.05, 3.63) is 72.4 Å². The van der Waals surface area contributed by atoms with E-state index in [1.807, 2.05) is 60.7 Å². The second-order valence-electron chi connectivity index (χ2n) is 5.40. The molecule has 0 aliphatic carbocycles. The summed E-state index contributed by atoms with van der Waals surface area (Å²) in [5.41, 5.74) is 1.46. The van der Waals surface area contributed by atoms with Gasteiger partial charge in [-0.2, -0.15) is 10.1 Å². The van der Waals surface area contributed by atoms with E-state index in [-0.39, 0.29) is 5.91 Å². The van der Waals surface area contributed by atoms with E-state index < -0.39 is 3.23 Å². The molecular weight excluding hydrogens is 434 g/mol. The highest BCUT2D eigenvalue weighted by Crippen LogP contribution is 2.39. The molecule has 0 saturated carbocycles. The third-order valence-corrected chi connectivity index (χ3v) is 5.27. The molecule has 118 valence electrons. The Hall–Kier alpha value is -2.05. The molecule has 4 nitrogen and oxygen atoms in total. The highest BCUT2D eigenvalue weighted by atomic mass is 79.9. The topological polar surface area (TPSA) is 45.6 Å². The van der Waals surface area contributed by atoms with Gasteiger partial charge in [-0.1, -0.05) is 86.5 Å². The number of halogens is 2. The van der Waals surface area contributed by atoms with Crippen LogP contribution in [0.2, 0.25) is 0 Å². The zero-order valence-corrected chi connectivity index (χ0v) is 15.5. The van der Waals surface area contributed by atoms with E-state index in [1.165, 1.54) is 5.01 Å². The van der Waals surface area contributed by atoms with Gasteiger partial charge in [0.2, 0.25) is 3.23 Å². The third-order valence-electron chi connectivity index (χ3n) is 3.84. The smallest absolute Gasteiger partial charge is 0.269 e. The van der Waals surface area contributed by atoms with Crippen molar-refractivity contribution in [1.82, 2.24) is 4.98 Å². The minimum atomic E-state index is -1.06. The number of aromatic nitrogens is 1. The molecule has 24 heavy (non-hydrogen) atoms. The number of nitrogens with zero attached hydrogens (tertiary/aromatic N) is 3. The number of hydrazone groups is 1. The Morgan fingerprint density at radius 2 is 1.58 bits per heavy atom. The zero-order chi connectivity index (χ0) is 16.7. The Kier molecular flexibility index (Phi) is 3.73. The van der Waals surface area contributed by atoms with Crippen molar-refractivity contribution in [2.45, 2.75) is 3.23 Å². The summed E-state index contributed by atoms with van der Waals surface area (Å²) in [4.78, 5) is 17.2. The standard InChI is InChI=1S/C18H11Br2N3O/c19-18(20)16(12-6-2-1-3-7-12)22-23(17(18)24)15-10-13-8-4-5-9-14(13)11-21-15/h1-11H. The molecule has 0 N–H and O–H groups in total. The Morgan fingerprint density at radius 3 is 2.33 bits per heavy atom. The summed E-state index contributed by atoms with van der Waals surface area (Å²) < 4.78 is -1.06. The van der Waals surface area contributed by atoms with Crippen LogP contribution in [0.15, 0.2) is 72.0 Å². The molecule has 0 fully saturated rings. The molecule has 1 aromatic heterocycles. The SMILES string of the molecule is O=C1N(c2cc3ccccc3cn2)N=C(c2ccccc2)C1(Br)Br. The molecule has 0 spiro atoms. The molecule has 4 rings (SSSR count). The number of fused-ring (bicyclic) bond motifs is 1. The van der Waals surface area contributed by atoms with Crippen LogP contribution in [0.1, 0.15) is 5.56 Å². The maximum Gasteiger partial charge on any atom is 0.282 e. The van der Waals surface area contributed by atoms with Gasteiger partial charge >= 0.3 is 0 Å². The van der Waals surface area contributed by atoms with Crippen LogP contribution in [0.25, 0.3) is 10.8 Å². The fourth-order valence-corrected chi connectivity index (χ4v) is 3.57. The van der Waals surface area contributed by atoms with Gasteiger partial charge < -0.3 is 0 Å². The highest BCUT2D eigenvalue weighted by molar-refractivity contribution is 9.26. The van der Waals surface area contributed by atoms with E-state index in [0.717, 1.165) is 16.3 Å². The zero-order valence-electron chi connectivity index (χ0n) is 12.4. The number of carbonyl (C=O) groups is 1. The van der Waals surface area contributed by atoms with Gasteiger partial charge in [-0.05, 0) is 11.5 Å². The van der Waals surface area contributed by atoms with Gasteiger partial charge in [0.1, 0.15) is 5.71 Å². The van der Waals surface area contributed by atoms with Crippen molar-refractivity contribution < 1.29 is 4.79 Å². The number of hydrogen-bond acceptors (Lipinski definition) is 3. The maximum absolute atomic E-state index is 12.8. The molecule has 1 aliphatic rings. The minimum Gasteiger partial charge on any atom is -0.269 e. The Labute approximate surface area is 155 Å². The van der Waals surface area contributed by atoms with Crippen molar-refractivity contribution in [3.8, 4) is 0 Å². The first-order valence-corrected chi connectivity index (χ1v) is 8.87. The fraction of sp³-hybridized carbons (Fsp3) is 0.0556. The average Bonchev–Trinajstić information content (AvgIpc) is 2.85. The molecule has 0 bridgehead atoms. The summed E-state index contributed by atoms with van der Waals surface area (Å²) in [6, 6.07) is 19.3.